The Hall–Kier alpha value is -3.59. The van der Waals surface area contributed by atoms with E-state index in [2.05, 4.69) is 39.1 Å². The number of benzene rings is 2. The largest absolute Gasteiger partial charge is 0.382 e. The molecule has 3 aromatic rings. The molecular weight excluding hydrogens is 438 g/mol. The molecule has 7 nitrogen and oxygen atoms in total. The molecule has 1 saturated heterocycles. The third-order valence-corrected chi connectivity index (χ3v) is 6.56. The van der Waals surface area contributed by atoms with Gasteiger partial charge in [0.1, 0.15) is 17.2 Å². The molecule has 2 aliphatic heterocycles. The van der Waals surface area contributed by atoms with E-state index >= 15 is 0 Å². The van der Waals surface area contributed by atoms with E-state index in [0.29, 0.717) is 30.1 Å². The molecule has 1 fully saturated rings. The van der Waals surface area contributed by atoms with Gasteiger partial charge in [0.25, 0.3) is 5.91 Å². The lowest BCUT2D eigenvalue weighted by molar-refractivity contribution is 0.0945. The van der Waals surface area contributed by atoms with Gasteiger partial charge in [0.15, 0.2) is 5.82 Å². The Kier molecular flexibility index (Phi) is 5.65. The summed E-state index contributed by atoms with van der Waals surface area (Å²) in [6.45, 7) is 5.49. The highest BCUT2D eigenvalue weighted by atomic mass is 19.1. The molecule has 0 saturated carbocycles. The molecule has 1 aromatic heterocycles. The van der Waals surface area contributed by atoms with E-state index in [1.54, 1.807) is 18.2 Å². The van der Waals surface area contributed by atoms with Crippen molar-refractivity contribution in [3.05, 3.63) is 59.3 Å². The van der Waals surface area contributed by atoms with Crippen molar-refractivity contribution in [2.24, 2.45) is 0 Å². The second-order valence-corrected chi connectivity index (χ2v) is 8.94. The van der Waals surface area contributed by atoms with Crippen LogP contribution in [-0.2, 0) is 6.42 Å². The van der Waals surface area contributed by atoms with Crippen LogP contribution in [-0.4, -0.2) is 60.0 Å². The maximum absolute atomic E-state index is 15.0. The molecule has 2 aliphatic rings. The normalized spacial score (nSPS) is 18.5. The minimum atomic E-state index is -0.820. The molecule has 1 amide bonds. The minimum absolute atomic E-state index is 0.00274. The Balaban J connectivity index is 1.51. The Morgan fingerprint density at radius 2 is 1.82 bits per heavy atom. The lowest BCUT2D eigenvalue weighted by Crippen LogP contribution is -2.50. The quantitative estimate of drug-likeness (QED) is 0.620. The molecule has 5 rings (SSSR count). The van der Waals surface area contributed by atoms with E-state index in [4.69, 9.17) is 5.73 Å². The van der Waals surface area contributed by atoms with Crippen LogP contribution in [0.3, 0.4) is 0 Å². The van der Waals surface area contributed by atoms with Crippen LogP contribution in [0.4, 0.5) is 20.3 Å². The molecule has 0 aliphatic carbocycles. The summed E-state index contributed by atoms with van der Waals surface area (Å²) in [5.74, 6) is -2.00. The van der Waals surface area contributed by atoms with Crippen molar-refractivity contribution < 1.29 is 13.6 Å². The molecule has 0 unspecified atom stereocenters. The van der Waals surface area contributed by atoms with Gasteiger partial charge in [0.05, 0.1) is 0 Å². The number of carbonyl (C=O) groups excluding carboxylic acids is 1. The highest BCUT2D eigenvalue weighted by molar-refractivity contribution is 5.97. The molecule has 0 spiro atoms. The predicted octanol–water partition coefficient (Wildman–Crippen LogP) is 3.10. The number of piperazine rings is 1. The average Bonchev–Trinajstić information content (AvgIpc) is 2.80. The number of aromatic nitrogens is 2. The van der Waals surface area contributed by atoms with Crippen molar-refractivity contribution in [2.45, 2.75) is 19.4 Å². The maximum Gasteiger partial charge on any atom is 0.251 e. The first-order valence-corrected chi connectivity index (χ1v) is 11.3. The van der Waals surface area contributed by atoms with Crippen LogP contribution in [0.5, 0.6) is 0 Å². The van der Waals surface area contributed by atoms with E-state index in [-0.39, 0.29) is 34.2 Å². The van der Waals surface area contributed by atoms with Crippen LogP contribution in [0, 0.1) is 11.8 Å². The van der Waals surface area contributed by atoms with Gasteiger partial charge in [-0.1, -0.05) is 12.1 Å². The third-order valence-electron chi connectivity index (χ3n) is 6.56. The van der Waals surface area contributed by atoms with Gasteiger partial charge in [-0.2, -0.15) is 9.37 Å². The van der Waals surface area contributed by atoms with Gasteiger partial charge in [0, 0.05) is 54.6 Å². The summed E-state index contributed by atoms with van der Waals surface area (Å²) in [7, 11) is 2.11. The van der Waals surface area contributed by atoms with Gasteiger partial charge in [-0.3, -0.25) is 4.79 Å². The number of nitrogen functional groups attached to an aromatic ring is 1. The van der Waals surface area contributed by atoms with Crippen molar-refractivity contribution in [3.63, 3.8) is 0 Å². The minimum Gasteiger partial charge on any atom is -0.382 e. The number of anilines is 2. The average molecular weight is 465 g/mol. The lowest BCUT2D eigenvalue weighted by Gasteiger charge is -2.39. The summed E-state index contributed by atoms with van der Waals surface area (Å²) in [5.41, 5.74) is 8.65. The summed E-state index contributed by atoms with van der Waals surface area (Å²) < 4.78 is 29.8. The maximum atomic E-state index is 15.0. The zero-order chi connectivity index (χ0) is 24.0. The van der Waals surface area contributed by atoms with E-state index in [0.717, 1.165) is 25.3 Å². The number of nitrogens with zero attached hydrogens (tertiary/aromatic N) is 4. The fraction of sp³-hybridized carbons (Fsp3) is 0.320. The molecule has 0 bridgehead atoms. The number of likely N-dealkylation sites (N-methyl/N-ethyl adjacent to an activating group) is 1. The van der Waals surface area contributed by atoms with Gasteiger partial charge >= 0.3 is 0 Å². The summed E-state index contributed by atoms with van der Waals surface area (Å²) in [6, 6.07) is 10.6. The van der Waals surface area contributed by atoms with E-state index in [1.807, 2.05) is 12.1 Å². The number of hydrogen-bond acceptors (Lipinski definition) is 6. The summed E-state index contributed by atoms with van der Waals surface area (Å²) in [6.07, 6.45) is 0.557. The highest BCUT2D eigenvalue weighted by Gasteiger charge is 2.24. The first-order valence-electron chi connectivity index (χ1n) is 11.3. The number of hydrogen-bond donors (Lipinski definition) is 2. The van der Waals surface area contributed by atoms with Crippen LogP contribution in [0.1, 0.15) is 22.8 Å². The van der Waals surface area contributed by atoms with Gasteiger partial charge in [0.2, 0.25) is 5.95 Å². The summed E-state index contributed by atoms with van der Waals surface area (Å²) >= 11 is 0. The summed E-state index contributed by atoms with van der Waals surface area (Å²) in [4.78, 5) is 24.8. The van der Waals surface area contributed by atoms with Crippen molar-refractivity contribution in [2.75, 3.05) is 43.9 Å². The van der Waals surface area contributed by atoms with Crippen molar-refractivity contribution in [3.8, 4) is 22.5 Å². The Labute approximate surface area is 196 Å². The van der Waals surface area contributed by atoms with E-state index in [9.17, 15) is 13.6 Å². The predicted molar refractivity (Wildman–Crippen MR) is 128 cm³/mol. The second kappa shape index (κ2) is 8.64. The van der Waals surface area contributed by atoms with Crippen molar-refractivity contribution in [1.29, 1.82) is 0 Å². The lowest BCUT2D eigenvalue weighted by atomic mass is 9.96. The Bertz CT molecular complexity index is 1260. The fourth-order valence-electron chi connectivity index (χ4n) is 4.77. The van der Waals surface area contributed by atoms with Gasteiger partial charge in [-0.25, -0.2) is 9.37 Å². The first kappa shape index (κ1) is 22.2. The Morgan fingerprint density at radius 3 is 2.56 bits per heavy atom. The number of nitrogens with two attached hydrogens (primary N) is 1. The standard InChI is InChI=1S/C25H26F2N6O/c1-14-13-32(2)9-10-33(14)17-5-3-15(4-6-17)21-23(27)31-24(28)22(30-21)19-11-16-7-8-29-25(34)18(16)12-20(19)26/h3-6,11-12,14H,7-10,13H2,1-2H3,(H2,28,31)(H,29,34)/t14-/m1/s1. The van der Waals surface area contributed by atoms with E-state index in [1.165, 1.54) is 6.07 Å². The molecule has 2 aromatic carbocycles. The zero-order valence-electron chi connectivity index (χ0n) is 19.1. The first-order chi connectivity index (χ1) is 16.3. The third kappa shape index (κ3) is 3.96. The zero-order valence-corrected chi connectivity index (χ0v) is 19.1. The van der Waals surface area contributed by atoms with Crippen LogP contribution in [0.2, 0.25) is 0 Å². The number of amides is 1. The number of fused-ring (bicyclic) bond motifs is 1. The topological polar surface area (TPSA) is 87.4 Å². The molecule has 3 N–H and O–H groups in total. The van der Waals surface area contributed by atoms with Gasteiger partial charge < -0.3 is 20.9 Å². The molecular formula is C25H26F2N6O. The number of rotatable bonds is 3. The SMILES string of the molecule is C[C@@H]1CN(C)CCN1c1ccc(-c2nc(-c3cc4c(cc3F)C(=O)NCC4)c(N)nc2F)cc1. The van der Waals surface area contributed by atoms with Crippen LogP contribution < -0.4 is 16.0 Å². The van der Waals surface area contributed by atoms with Crippen LogP contribution >= 0.6 is 0 Å². The number of carbonyl (C=O) groups is 1. The molecule has 34 heavy (non-hydrogen) atoms. The highest BCUT2D eigenvalue weighted by Crippen LogP contribution is 2.33. The van der Waals surface area contributed by atoms with Gasteiger partial charge in [-0.05, 0) is 50.2 Å². The molecule has 3 heterocycles. The Morgan fingerprint density at radius 1 is 1.06 bits per heavy atom. The molecule has 1 atom stereocenters. The second-order valence-electron chi connectivity index (χ2n) is 8.94. The van der Waals surface area contributed by atoms with Crippen molar-refractivity contribution >= 4 is 17.4 Å². The number of nitrogens with one attached hydrogen (secondary N) is 1. The van der Waals surface area contributed by atoms with Crippen LogP contribution in [0.15, 0.2) is 36.4 Å². The number of halogens is 2. The van der Waals surface area contributed by atoms with Crippen LogP contribution in [0.25, 0.3) is 22.5 Å². The van der Waals surface area contributed by atoms with Gasteiger partial charge in [-0.15, -0.1) is 0 Å². The molecule has 176 valence electrons. The van der Waals surface area contributed by atoms with E-state index < -0.39 is 11.8 Å². The molecule has 0 radical (unpaired) electrons. The monoisotopic (exact) mass is 464 g/mol. The van der Waals surface area contributed by atoms with Crippen molar-refractivity contribution in [1.82, 2.24) is 20.2 Å². The molecule has 9 heteroatoms. The fourth-order valence-corrected chi connectivity index (χ4v) is 4.77. The smallest absolute Gasteiger partial charge is 0.251 e. The summed E-state index contributed by atoms with van der Waals surface area (Å²) in [5, 5.41) is 2.69.